The van der Waals surface area contributed by atoms with Crippen molar-refractivity contribution in [1.29, 1.82) is 0 Å². The van der Waals surface area contributed by atoms with Crippen LogP contribution in [0.4, 0.5) is 0 Å². The highest BCUT2D eigenvalue weighted by Crippen LogP contribution is 2.20. The molecule has 0 atom stereocenters. The Morgan fingerprint density at radius 1 is 0.852 bits per heavy atom. The van der Waals surface area contributed by atoms with Crippen LogP contribution in [0.3, 0.4) is 0 Å². The first-order chi connectivity index (χ1) is 13.4. The summed E-state index contributed by atoms with van der Waals surface area (Å²) < 4.78 is 5.17. The zero-order valence-electron chi connectivity index (χ0n) is 15.5. The fourth-order valence-corrected chi connectivity index (χ4v) is 2.71. The van der Waals surface area contributed by atoms with Gasteiger partial charge in [0.2, 0.25) is 0 Å². The first-order valence-corrected chi connectivity index (χ1v) is 9.08. The Balaban J connectivity index is 1.68. The van der Waals surface area contributed by atoms with Crippen molar-refractivity contribution in [3.05, 3.63) is 108 Å². The second-order valence-electron chi connectivity index (χ2n) is 6.06. The summed E-state index contributed by atoms with van der Waals surface area (Å²) in [5.74, 6) is 4.13. The van der Waals surface area contributed by atoms with Crippen molar-refractivity contribution in [3.8, 4) is 5.75 Å². The van der Waals surface area contributed by atoms with E-state index in [0.29, 0.717) is 6.54 Å². The third-order valence-electron chi connectivity index (χ3n) is 4.15. The van der Waals surface area contributed by atoms with Gasteiger partial charge in [-0.2, -0.15) is 0 Å². The molecule has 0 aliphatic rings. The molecule has 3 aromatic carbocycles. The molecule has 3 aromatic rings. The molecule has 0 spiro atoms. The number of hydrogen-bond donors (Lipinski definition) is 0. The Bertz CT molecular complexity index is 878. The predicted octanol–water partition coefficient (Wildman–Crippen LogP) is 5.90. The van der Waals surface area contributed by atoms with Crippen LogP contribution in [0, 0.1) is 0 Å². The van der Waals surface area contributed by atoms with Gasteiger partial charge in [0.05, 0.1) is 19.2 Å². The summed E-state index contributed by atoms with van der Waals surface area (Å²) in [6.07, 6.45) is 5.11. The lowest BCUT2D eigenvalue weighted by atomic mass is 9.99. The standard InChI is InChI=1S/C25H23NO/c1-27-24-17-15-21(16-18-24)10-8-9-19-26-20-25(22-11-4-2-5-12-22)23-13-6-3-7-14-23/h2-8,10-18H,9,19H2,1H3/b10-8-. The van der Waals surface area contributed by atoms with Gasteiger partial charge in [0.1, 0.15) is 5.75 Å². The van der Waals surface area contributed by atoms with Crippen LogP contribution in [-0.4, -0.2) is 19.5 Å². The van der Waals surface area contributed by atoms with E-state index in [0.717, 1.165) is 34.4 Å². The van der Waals surface area contributed by atoms with Gasteiger partial charge in [-0.15, -0.1) is 0 Å². The van der Waals surface area contributed by atoms with E-state index >= 15 is 0 Å². The van der Waals surface area contributed by atoms with Gasteiger partial charge in [-0.25, -0.2) is 4.99 Å². The summed E-state index contributed by atoms with van der Waals surface area (Å²) in [6, 6.07) is 28.6. The molecule has 2 nitrogen and oxygen atoms in total. The largest absolute Gasteiger partial charge is 0.497 e. The third kappa shape index (κ3) is 5.57. The Morgan fingerprint density at radius 3 is 2.00 bits per heavy atom. The lowest BCUT2D eigenvalue weighted by molar-refractivity contribution is 0.415. The molecule has 0 amide bonds. The molecule has 3 rings (SSSR count). The monoisotopic (exact) mass is 353 g/mol. The average molecular weight is 353 g/mol. The number of hydrogen-bond acceptors (Lipinski definition) is 2. The maximum atomic E-state index is 5.17. The van der Waals surface area contributed by atoms with Gasteiger partial charge in [-0.05, 0) is 41.1 Å². The van der Waals surface area contributed by atoms with Crippen LogP contribution in [-0.2, 0) is 0 Å². The van der Waals surface area contributed by atoms with Crippen LogP contribution in [0.1, 0.15) is 23.1 Å². The van der Waals surface area contributed by atoms with E-state index in [-0.39, 0.29) is 0 Å². The molecule has 0 N–H and O–H groups in total. The first kappa shape index (κ1) is 18.4. The summed E-state index contributed by atoms with van der Waals surface area (Å²) in [5.41, 5.74) is 4.43. The van der Waals surface area contributed by atoms with E-state index in [4.69, 9.17) is 4.74 Å². The number of ether oxygens (including phenoxy) is 1. The van der Waals surface area contributed by atoms with Gasteiger partial charge in [0.15, 0.2) is 0 Å². The van der Waals surface area contributed by atoms with Crippen molar-refractivity contribution < 1.29 is 4.74 Å². The van der Waals surface area contributed by atoms with Gasteiger partial charge < -0.3 is 4.74 Å². The normalized spacial score (nSPS) is 10.4. The molecular weight excluding hydrogens is 330 g/mol. The van der Waals surface area contributed by atoms with Crippen molar-refractivity contribution >= 4 is 17.5 Å². The Morgan fingerprint density at radius 2 is 1.44 bits per heavy atom. The van der Waals surface area contributed by atoms with Crippen LogP contribution in [0.15, 0.2) is 96.0 Å². The number of rotatable bonds is 7. The summed E-state index contributed by atoms with van der Waals surface area (Å²) in [4.78, 5) is 4.52. The molecule has 0 saturated heterocycles. The molecule has 2 heteroatoms. The first-order valence-electron chi connectivity index (χ1n) is 9.08. The summed E-state index contributed by atoms with van der Waals surface area (Å²) in [7, 11) is 1.68. The topological polar surface area (TPSA) is 21.6 Å². The zero-order chi connectivity index (χ0) is 18.7. The number of aliphatic imine (C=N–C) groups is 1. The highest BCUT2D eigenvalue weighted by atomic mass is 16.5. The van der Waals surface area contributed by atoms with E-state index in [1.165, 1.54) is 0 Å². The fraction of sp³-hybridized carbons (Fsp3) is 0.120. The second kappa shape index (κ2) is 9.96. The smallest absolute Gasteiger partial charge is 0.118 e. The van der Waals surface area contributed by atoms with Crippen molar-refractivity contribution in [1.82, 2.24) is 0 Å². The highest BCUT2D eigenvalue weighted by Gasteiger charge is 2.03. The SMILES string of the molecule is COc1ccc(/C=C\CCN=C=C(c2ccccc2)c2ccccc2)cc1. The maximum absolute atomic E-state index is 5.17. The molecule has 0 aromatic heterocycles. The van der Waals surface area contributed by atoms with Crippen LogP contribution in [0.25, 0.3) is 11.6 Å². The molecule has 27 heavy (non-hydrogen) atoms. The molecule has 134 valence electrons. The van der Waals surface area contributed by atoms with Crippen molar-refractivity contribution in [2.24, 2.45) is 4.99 Å². The molecule has 0 radical (unpaired) electrons. The molecule has 0 bridgehead atoms. The average Bonchev–Trinajstić information content (AvgIpc) is 2.75. The molecule has 0 aliphatic carbocycles. The molecule has 0 unspecified atom stereocenters. The minimum Gasteiger partial charge on any atom is -0.497 e. The summed E-state index contributed by atoms with van der Waals surface area (Å²) >= 11 is 0. The number of nitrogens with zero attached hydrogens (tertiary/aromatic N) is 1. The second-order valence-corrected chi connectivity index (χ2v) is 6.06. The van der Waals surface area contributed by atoms with Gasteiger partial charge in [0.25, 0.3) is 0 Å². The molecular formula is C25H23NO. The number of methoxy groups -OCH3 is 1. The molecule has 0 saturated carbocycles. The zero-order valence-corrected chi connectivity index (χ0v) is 15.5. The minimum atomic E-state index is 0.704. The summed E-state index contributed by atoms with van der Waals surface area (Å²) in [5, 5.41) is 0. The van der Waals surface area contributed by atoms with E-state index in [9.17, 15) is 0 Å². The fourth-order valence-electron chi connectivity index (χ4n) is 2.71. The Kier molecular flexibility index (Phi) is 6.80. The van der Waals surface area contributed by atoms with E-state index in [2.05, 4.69) is 47.3 Å². The summed E-state index contributed by atoms with van der Waals surface area (Å²) in [6.45, 7) is 0.704. The lowest BCUT2D eigenvalue weighted by Gasteiger charge is -2.04. The van der Waals surface area contributed by atoms with Crippen LogP contribution in [0.5, 0.6) is 5.75 Å². The molecule has 0 fully saturated rings. The van der Waals surface area contributed by atoms with Gasteiger partial charge in [-0.3, -0.25) is 0 Å². The quantitative estimate of drug-likeness (QED) is 0.383. The third-order valence-corrected chi connectivity index (χ3v) is 4.15. The lowest BCUT2D eigenvalue weighted by Crippen LogP contribution is -1.89. The van der Waals surface area contributed by atoms with Crippen molar-refractivity contribution in [3.63, 3.8) is 0 Å². The molecule has 0 heterocycles. The van der Waals surface area contributed by atoms with Gasteiger partial charge in [0, 0.05) is 0 Å². The number of benzene rings is 3. The van der Waals surface area contributed by atoms with Crippen molar-refractivity contribution in [2.75, 3.05) is 13.7 Å². The predicted molar refractivity (Wildman–Crippen MR) is 114 cm³/mol. The van der Waals surface area contributed by atoms with Crippen LogP contribution >= 0.6 is 0 Å². The van der Waals surface area contributed by atoms with E-state index in [1.807, 2.05) is 60.7 Å². The Hall–Kier alpha value is -3.35. The minimum absolute atomic E-state index is 0.704. The van der Waals surface area contributed by atoms with Crippen LogP contribution in [0.2, 0.25) is 0 Å². The van der Waals surface area contributed by atoms with Crippen molar-refractivity contribution in [2.45, 2.75) is 6.42 Å². The Labute approximate surface area is 161 Å². The molecule has 0 aliphatic heterocycles. The van der Waals surface area contributed by atoms with E-state index in [1.54, 1.807) is 7.11 Å². The van der Waals surface area contributed by atoms with Gasteiger partial charge in [-0.1, -0.05) is 84.9 Å². The van der Waals surface area contributed by atoms with Gasteiger partial charge >= 0.3 is 0 Å². The highest BCUT2D eigenvalue weighted by molar-refractivity contribution is 5.98. The van der Waals surface area contributed by atoms with E-state index < -0.39 is 0 Å². The van der Waals surface area contributed by atoms with Crippen LogP contribution < -0.4 is 4.74 Å². The maximum Gasteiger partial charge on any atom is 0.118 e.